The minimum absolute atomic E-state index is 0.385. The lowest BCUT2D eigenvalue weighted by molar-refractivity contribution is 0.539. The largest absolute Gasteiger partial charge is 0.328 e. The van der Waals surface area contributed by atoms with Crippen LogP contribution in [0.4, 0.5) is 0 Å². The highest BCUT2D eigenvalue weighted by Gasteiger charge is 2.02. The third-order valence-corrected chi connectivity index (χ3v) is 2.71. The Kier molecular flexibility index (Phi) is 5.40. The maximum atomic E-state index is 5.96. The molecule has 0 bridgehead atoms. The fraction of sp³-hybridized carbons (Fsp3) is 0.750. The standard InChI is InChI=1S/C12H23N3/c1-3-6-12(13)8-5-7-11-9-14-15(4-2)10-11/h9-10,12H,3-8,13H2,1-2H3. The average Bonchev–Trinajstić information content (AvgIpc) is 2.66. The van der Waals surface area contributed by atoms with Crippen LogP contribution in [0.2, 0.25) is 0 Å². The van der Waals surface area contributed by atoms with Gasteiger partial charge in [-0.2, -0.15) is 5.10 Å². The van der Waals surface area contributed by atoms with Gasteiger partial charge in [0.25, 0.3) is 0 Å². The molecule has 86 valence electrons. The van der Waals surface area contributed by atoms with E-state index in [4.69, 9.17) is 5.73 Å². The summed E-state index contributed by atoms with van der Waals surface area (Å²) in [6.45, 7) is 5.24. The van der Waals surface area contributed by atoms with E-state index in [2.05, 4.69) is 25.1 Å². The lowest BCUT2D eigenvalue weighted by Gasteiger charge is -2.08. The zero-order valence-electron chi connectivity index (χ0n) is 9.95. The molecule has 0 radical (unpaired) electrons. The Morgan fingerprint density at radius 1 is 1.40 bits per heavy atom. The van der Waals surface area contributed by atoms with Gasteiger partial charge in [0, 0.05) is 18.8 Å². The number of nitrogens with zero attached hydrogens (tertiary/aromatic N) is 2. The number of rotatable bonds is 7. The molecule has 1 aromatic rings. The second-order valence-corrected chi connectivity index (χ2v) is 4.15. The lowest BCUT2D eigenvalue weighted by Crippen LogP contribution is -2.19. The van der Waals surface area contributed by atoms with Gasteiger partial charge in [-0.25, -0.2) is 0 Å². The molecular weight excluding hydrogens is 186 g/mol. The molecule has 3 heteroatoms. The first-order valence-electron chi connectivity index (χ1n) is 6.03. The van der Waals surface area contributed by atoms with Crippen LogP contribution in [-0.2, 0) is 13.0 Å². The highest BCUT2D eigenvalue weighted by atomic mass is 15.3. The first kappa shape index (κ1) is 12.2. The van der Waals surface area contributed by atoms with Gasteiger partial charge in [0.15, 0.2) is 0 Å². The van der Waals surface area contributed by atoms with E-state index in [0.29, 0.717) is 6.04 Å². The zero-order valence-corrected chi connectivity index (χ0v) is 9.95. The third-order valence-electron chi connectivity index (χ3n) is 2.71. The van der Waals surface area contributed by atoms with E-state index in [0.717, 1.165) is 25.8 Å². The summed E-state index contributed by atoms with van der Waals surface area (Å²) in [4.78, 5) is 0. The van der Waals surface area contributed by atoms with Gasteiger partial charge in [-0.3, -0.25) is 4.68 Å². The van der Waals surface area contributed by atoms with Crippen LogP contribution in [0.1, 0.15) is 45.1 Å². The van der Waals surface area contributed by atoms with Crippen molar-refractivity contribution >= 4 is 0 Å². The molecule has 0 saturated carbocycles. The molecular formula is C12H23N3. The Balaban J connectivity index is 2.19. The first-order valence-corrected chi connectivity index (χ1v) is 6.03. The van der Waals surface area contributed by atoms with Crippen LogP contribution in [0, 0.1) is 0 Å². The van der Waals surface area contributed by atoms with E-state index in [1.165, 1.54) is 18.4 Å². The van der Waals surface area contributed by atoms with E-state index < -0.39 is 0 Å². The van der Waals surface area contributed by atoms with E-state index in [9.17, 15) is 0 Å². The number of hydrogen-bond acceptors (Lipinski definition) is 2. The zero-order chi connectivity index (χ0) is 11.1. The number of aromatic nitrogens is 2. The van der Waals surface area contributed by atoms with Crippen molar-refractivity contribution in [1.29, 1.82) is 0 Å². The van der Waals surface area contributed by atoms with E-state index >= 15 is 0 Å². The minimum atomic E-state index is 0.385. The smallest absolute Gasteiger partial charge is 0.0521 e. The lowest BCUT2D eigenvalue weighted by atomic mass is 10.0. The molecule has 0 aromatic carbocycles. The summed E-state index contributed by atoms with van der Waals surface area (Å²) in [6, 6.07) is 0.385. The van der Waals surface area contributed by atoms with Crippen LogP contribution in [0.25, 0.3) is 0 Å². The maximum Gasteiger partial charge on any atom is 0.0521 e. The van der Waals surface area contributed by atoms with Gasteiger partial charge in [-0.15, -0.1) is 0 Å². The van der Waals surface area contributed by atoms with Gasteiger partial charge < -0.3 is 5.73 Å². The Labute approximate surface area is 92.7 Å². The summed E-state index contributed by atoms with van der Waals surface area (Å²) in [5.74, 6) is 0. The summed E-state index contributed by atoms with van der Waals surface area (Å²) in [7, 11) is 0. The molecule has 1 atom stereocenters. The molecule has 0 aliphatic heterocycles. The average molecular weight is 209 g/mol. The van der Waals surface area contributed by atoms with Gasteiger partial charge in [-0.05, 0) is 38.2 Å². The van der Waals surface area contributed by atoms with Crippen molar-refractivity contribution in [2.45, 2.75) is 58.5 Å². The highest BCUT2D eigenvalue weighted by molar-refractivity contribution is 5.03. The van der Waals surface area contributed by atoms with Gasteiger partial charge in [0.2, 0.25) is 0 Å². The number of hydrogen-bond donors (Lipinski definition) is 1. The van der Waals surface area contributed by atoms with Crippen molar-refractivity contribution in [3.63, 3.8) is 0 Å². The topological polar surface area (TPSA) is 43.8 Å². The summed E-state index contributed by atoms with van der Waals surface area (Å²) < 4.78 is 1.97. The van der Waals surface area contributed by atoms with Gasteiger partial charge in [-0.1, -0.05) is 13.3 Å². The molecule has 1 heterocycles. The van der Waals surface area contributed by atoms with Crippen LogP contribution in [-0.4, -0.2) is 15.8 Å². The molecule has 0 aliphatic rings. The molecule has 1 rings (SSSR count). The van der Waals surface area contributed by atoms with Crippen molar-refractivity contribution in [1.82, 2.24) is 9.78 Å². The molecule has 0 saturated heterocycles. The van der Waals surface area contributed by atoms with Crippen LogP contribution in [0.3, 0.4) is 0 Å². The Bertz CT molecular complexity index is 268. The molecule has 0 spiro atoms. The normalized spacial score (nSPS) is 13.0. The van der Waals surface area contributed by atoms with Crippen LogP contribution in [0.15, 0.2) is 12.4 Å². The highest BCUT2D eigenvalue weighted by Crippen LogP contribution is 2.07. The van der Waals surface area contributed by atoms with Crippen molar-refractivity contribution in [2.75, 3.05) is 0 Å². The molecule has 1 unspecified atom stereocenters. The monoisotopic (exact) mass is 209 g/mol. The molecule has 1 aromatic heterocycles. The molecule has 15 heavy (non-hydrogen) atoms. The van der Waals surface area contributed by atoms with Crippen LogP contribution in [0.5, 0.6) is 0 Å². The summed E-state index contributed by atoms with van der Waals surface area (Å²) in [5.41, 5.74) is 7.29. The SMILES string of the molecule is CCCC(N)CCCc1cnn(CC)c1. The van der Waals surface area contributed by atoms with E-state index in [-0.39, 0.29) is 0 Å². The first-order chi connectivity index (χ1) is 7.26. The molecule has 3 nitrogen and oxygen atoms in total. The second-order valence-electron chi connectivity index (χ2n) is 4.15. The fourth-order valence-corrected chi connectivity index (χ4v) is 1.79. The summed E-state index contributed by atoms with van der Waals surface area (Å²) in [6.07, 6.45) is 9.85. The molecule has 0 fully saturated rings. The Morgan fingerprint density at radius 3 is 2.80 bits per heavy atom. The van der Waals surface area contributed by atoms with Gasteiger partial charge in [0.1, 0.15) is 0 Å². The quantitative estimate of drug-likeness (QED) is 0.749. The Morgan fingerprint density at radius 2 is 2.20 bits per heavy atom. The van der Waals surface area contributed by atoms with E-state index in [1.807, 2.05) is 10.9 Å². The minimum Gasteiger partial charge on any atom is -0.328 e. The number of aryl methyl sites for hydroxylation is 2. The van der Waals surface area contributed by atoms with Crippen molar-refractivity contribution in [3.8, 4) is 0 Å². The van der Waals surface area contributed by atoms with Gasteiger partial charge in [0.05, 0.1) is 6.20 Å². The Hall–Kier alpha value is -0.830. The van der Waals surface area contributed by atoms with Crippen LogP contribution >= 0.6 is 0 Å². The predicted octanol–water partition coefficient (Wildman–Crippen LogP) is 2.35. The second kappa shape index (κ2) is 6.62. The van der Waals surface area contributed by atoms with Crippen molar-refractivity contribution in [3.05, 3.63) is 18.0 Å². The summed E-state index contributed by atoms with van der Waals surface area (Å²) >= 11 is 0. The molecule has 0 aliphatic carbocycles. The third kappa shape index (κ3) is 4.47. The van der Waals surface area contributed by atoms with Crippen molar-refractivity contribution in [2.24, 2.45) is 5.73 Å². The number of nitrogens with two attached hydrogens (primary N) is 1. The molecule has 0 amide bonds. The maximum absolute atomic E-state index is 5.96. The van der Waals surface area contributed by atoms with Gasteiger partial charge >= 0.3 is 0 Å². The van der Waals surface area contributed by atoms with E-state index in [1.54, 1.807) is 0 Å². The summed E-state index contributed by atoms with van der Waals surface area (Å²) in [5, 5.41) is 4.25. The van der Waals surface area contributed by atoms with Crippen LogP contribution < -0.4 is 5.73 Å². The predicted molar refractivity (Wildman–Crippen MR) is 63.7 cm³/mol. The fourth-order valence-electron chi connectivity index (χ4n) is 1.79. The van der Waals surface area contributed by atoms with Crippen molar-refractivity contribution < 1.29 is 0 Å². The molecule has 2 N–H and O–H groups in total.